The summed E-state index contributed by atoms with van der Waals surface area (Å²) in [5.41, 5.74) is 5.16. The molecule has 0 aliphatic carbocycles. The highest BCUT2D eigenvalue weighted by Crippen LogP contribution is 2.12. The van der Waals surface area contributed by atoms with Crippen molar-refractivity contribution < 1.29 is 9.59 Å². The second kappa shape index (κ2) is 22.1. The maximum atomic E-state index is 11.4. The highest BCUT2D eigenvalue weighted by atomic mass is 16.2. The van der Waals surface area contributed by atoms with E-state index in [9.17, 15) is 9.59 Å². The zero-order valence-corrected chi connectivity index (χ0v) is 18.5. The Labute approximate surface area is 174 Å². The maximum Gasteiger partial charge on any atom is 0.240 e. The number of allylic oxidation sites excluding steroid dienone is 2. The van der Waals surface area contributed by atoms with Crippen LogP contribution in [0.3, 0.4) is 0 Å². The Balaban J connectivity index is 3.18. The van der Waals surface area contributed by atoms with E-state index in [0.717, 1.165) is 12.8 Å². The normalized spacial score (nSPS) is 11.2. The third-order valence-electron chi connectivity index (χ3n) is 5.13. The molecule has 0 rings (SSSR count). The summed E-state index contributed by atoms with van der Waals surface area (Å²) < 4.78 is 0. The van der Waals surface area contributed by atoms with E-state index in [2.05, 4.69) is 24.4 Å². The van der Waals surface area contributed by atoms with Crippen LogP contribution in [0.25, 0.3) is 0 Å². The van der Waals surface area contributed by atoms with E-state index in [1.165, 1.54) is 96.3 Å². The summed E-state index contributed by atoms with van der Waals surface area (Å²) in [7, 11) is 0. The molecule has 0 radical (unpaired) electrons. The molecule has 28 heavy (non-hydrogen) atoms. The van der Waals surface area contributed by atoms with Gasteiger partial charge in [0.15, 0.2) is 0 Å². The molecule has 0 unspecified atom stereocenters. The SMILES string of the molecule is CCCCCCCC/C=C\CCCCCCCCCCCC(=O)NC(=O)CN. The molecule has 0 saturated carbocycles. The van der Waals surface area contributed by atoms with Crippen LogP contribution in [0.5, 0.6) is 0 Å². The van der Waals surface area contributed by atoms with Crippen LogP contribution >= 0.6 is 0 Å². The standard InChI is InChI=1S/C24H46N2O2/c1-2-3-4-5-6-7-8-9-10-11-12-13-14-15-16-17-18-19-20-21-23(27)26-24(28)22-25/h9-10H,2-8,11-22,25H2,1H3,(H,26,27,28)/b10-9-. The summed E-state index contributed by atoms with van der Waals surface area (Å²) >= 11 is 0. The van der Waals surface area contributed by atoms with Gasteiger partial charge in [0.25, 0.3) is 0 Å². The van der Waals surface area contributed by atoms with Gasteiger partial charge in [-0.05, 0) is 32.1 Å². The van der Waals surface area contributed by atoms with Gasteiger partial charge in [-0.3, -0.25) is 14.9 Å². The van der Waals surface area contributed by atoms with Gasteiger partial charge in [-0.25, -0.2) is 0 Å². The van der Waals surface area contributed by atoms with E-state index in [0.29, 0.717) is 6.42 Å². The largest absolute Gasteiger partial charge is 0.322 e. The van der Waals surface area contributed by atoms with Crippen LogP contribution < -0.4 is 11.1 Å². The summed E-state index contributed by atoms with van der Waals surface area (Å²) in [6, 6.07) is 0. The predicted octanol–water partition coefficient (Wildman–Crippen LogP) is 6.19. The first-order valence-electron chi connectivity index (χ1n) is 11.9. The topological polar surface area (TPSA) is 72.2 Å². The molecule has 0 aromatic carbocycles. The Hall–Kier alpha value is -1.16. The molecular formula is C24H46N2O2. The zero-order chi connectivity index (χ0) is 20.7. The number of rotatable bonds is 20. The van der Waals surface area contributed by atoms with Crippen LogP contribution in [0, 0.1) is 0 Å². The van der Waals surface area contributed by atoms with Crippen molar-refractivity contribution in [2.75, 3.05) is 6.54 Å². The average molecular weight is 395 g/mol. The molecule has 0 aliphatic heterocycles. The van der Waals surface area contributed by atoms with Crippen molar-refractivity contribution in [3.05, 3.63) is 12.2 Å². The van der Waals surface area contributed by atoms with Crippen molar-refractivity contribution in [2.45, 2.75) is 122 Å². The minimum Gasteiger partial charge on any atom is -0.322 e. The molecule has 0 spiro atoms. The Morgan fingerprint density at radius 1 is 0.643 bits per heavy atom. The molecule has 3 N–H and O–H groups in total. The molecule has 4 heteroatoms. The second-order valence-electron chi connectivity index (χ2n) is 7.92. The zero-order valence-electron chi connectivity index (χ0n) is 18.5. The van der Waals surface area contributed by atoms with E-state index >= 15 is 0 Å². The Morgan fingerprint density at radius 2 is 1.07 bits per heavy atom. The number of carbonyl (C=O) groups excluding carboxylic acids is 2. The number of imide groups is 1. The number of hydrogen-bond donors (Lipinski definition) is 2. The van der Waals surface area contributed by atoms with E-state index in [-0.39, 0.29) is 12.5 Å². The van der Waals surface area contributed by atoms with Crippen LogP contribution in [-0.2, 0) is 9.59 Å². The highest BCUT2D eigenvalue weighted by molar-refractivity contribution is 5.95. The third-order valence-corrected chi connectivity index (χ3v) is 5.13. The monoisotopic (exact) mass is 394 g/mol. The number of unbranched alkanes of at least 4 members (excludes halogenated alkanes) is 15. The molecule has 0 aliphatic rings. The Morgan fingerprint density at radius 3 is 1.54 bits per heavy atom. The third kappa shape index (κ3) is 21.1. The number of nitrogens with one attached hydrogen (secondary N) is 1. The fourth-order valence-corrected chi connectivity index (χ4v) is 3.33. The van der Waals surface area contributed by atoms with Gasteiger partial charge >= 0.3 is 0 Å². The first-order chi connectivity index (χ1) is 13.7. The van der Waals surface area contributed by atoms with Gasteiger partial charge in [-0.1, -0.05) is 96.1 Å². The van der Waals surface area contributed by atoms with Crippen LogP contribution in [0.4, 0.5) is 0 Å². The van der Waals surface area contributed by atoms with Crippen molar-refractivity contribution in [1.29, 1.82) is 0 Å². The molecule has 164 valence electrons. The second-order valence-corrected chi connectivity index (χ2v) is 7.92. The number of carbonyl (C=O) groups is 2. The molecule has 0 aromatic rings. The van der Waals surface area contributed by atoms with Crippen molar-refractivity contribution in [2.24, 2.45) is 5.73 Å². The molecule has 2 amide bonds. The van der Waals surface area contributed by atoms with Gasteiger partial charge in [0.2, 0.25) is 11.8 Å². The molecule has 0 aromatic heterocycles. The predicted molar refractivity (Wildman–Crippen MR) is 120 cm³/mol. The van der Waals surface area contributed by atoms with Crippen LogP contribution in [0.2, 0.25) is 0 Å². The van der Waals surface area contributed by atoms with E-state index in [1.807, 2.05) is 0 Å². The van der Waals surface area contributed by atoms with Crippen LogP contribution in [0.1, 0.15) is 122 Å². The molecule has 0 saturated heterocycles. The quantitative estimate of drug-likeness (QED) is 0.191. The summed E-state index contributed by atoms with van der Waals surface area (Å²) in [5.74, 6) is -0.588. The summed E-state index contributed by atoms with van der Waals surface area (Å²) in [6.07, 6.45) is 27.0. The minimum absolute atomic E-state index is 0.124. The number of hydrogen-bond acceptors (Lipinski definition) is 3. The van der Waals surface area contributed by atoms with Crippen LogP contribution in [-0.4, -0.2) is 18.4 Å². The smallest absolute Gasteiger partial charge is 0.240 e. The van der Waals surface area contributed by atoms with Gasteiger partial charge in [0.1, 0.15) is 0 Å². The maximum absolute atomic E-state index is 11.4. The lowest BCUT2D eigenvalue weighted by molar-refractivity contribution is -0.129. The lowest BCUT2D eigenvalue weighted by atomic mass is 10.1. The molecule has 0 fully saturated rings. The van der Waals surface area contributed by atoms with Gasteiger partial charge in [0, 0.05) is 6.42 Å². The molecule has 0 bridgehead atoms. The van der Waals surface area contributed by atoms with Crippen molar-refractivity contribution in [1.82, 2.24) is 5.32 Å². The van der Waals surface area contributed by atoms with Gasteiger partial charge in [-0.2, -0.15) is 0 Å². The van der Waals surface area contributed by atoms with Crippen molar-refractivity contribution in [3.8, 4) is 0 Å². The summed E-state index contributed by atoms with van der Waals surface area (Å²) in [4.78, 5) is 22.4. The lowest BCUT2D eigenvalue weighted by Crippen LogP contribution is -2.35. The van der Waals surface area contributed by atoms with Gasteiger partial charge < -0.3 is 5.73 Å². The fraction of sp³-hybridized carbons (Fsp3) is 0.833. The van der Waals surface area contributed by atoms with Crippen LogP contribution in [0.15, 0.2) is 12.2 Å². The van der Waals surface area contributed by atoms with E-state index in [1.54, 1.807) is 0 Å². The molecule has 4 nitrogen and oxygen atoms in total. The molecule has 0 atom stereocenters. The summed E-state index contributed by atoms with van der Waals surface area (Å²) in [5, 5.41) is 2.28. The van der Waals surface area contributed by atoms with Crippen molar-refractivity contribution >= 4 is 11.8 Å². The number of amides is 2. The van der Waals surface area contributed by atoms with E-state index in [4.69, 9.17) is 5.73 Å². The first-order valence-corrected chi connectivity index (χ1v) is 11.9. The Kier molecular flexibility index (Phi) is 21.2. The minimum atomic E-state index is -0.390. The molecule has 0 heterocycles. The fourth-order valence-electron chi connectivity index (χ4n) is 3.33. The molecular weight excluding hydrogens is 348 g/mol. The van der Waals surface area contributed by atoms with Gasteiger partial charge in [-0.15, -0.1) is 0 Å². The first kappa shape index (κ1) is 26.8. The highest BCUT2D eigenvalue weighted by Gasteiger charge is 2.04. The lowest BCUT2D eigenvalue weighted by Gasteiger charge is -2.03. The van der Waals surface area contributed by atoms with E-state index < -0.39 is 5.91 Å². The van der Waals surface area contributed by atoms with Gasteiger partial charge in [0.05, 0.1) is 6.54 Å². The average Bonchev–Trinajstić information content (AvgIpc) is 2.69. The summed E-state index contributed by atoms with van der Waals surface area (Å²) in [6.45, 7) is 2.14. The van der Waals surface area contributed by atoms with Crippen molar-refractivity contribution in [3.63, 3.8) is 0 Å². The number of nitrogens with two attached hydrogens (primary N) is 1. The Bertz CT molecular complexity index is 394.